The van der Waals surface area contributed by atoms with E-state index < -0.39 is 29.7 Å². The van der Waals surface area contributed by atoms with Crippen LogP contribution in [-0.2, 0) is 14.3 Å². The first kappa shape index (κ1) is 16.3. The molecule has 0 radical (unpaired) electrons. The van der Waals surface area contributed by atoms with Crippen molar-refractivity contribution in [2.24, 2.45) is 5.73 Å². The van der Waals surface area contributed by atoms with Gasteiger partial charge in [0.25, 0.3) is 0 Å². The number of rotatable bonds is 3. The second-order valence-electron chi connectivity index (χ2n) is 5.96. The number of ether oxygens (including phenoxy) is 1. The van der Waals surface area contributed by atoms with Gasteiger partial charge in [0.15, 0.2) is 0 Å². The molecular weight excluding hydrogens is 262 g/mol. The number of nitrogens with one attached hydrogen (secondary N) is 1. The van der Waals surface area contributed by atoms with Crippen LogP contribution < -0.4 is 11.1 Å². The number of amides is 3. The SMILES string of the molecule is C[C@H](NC(=O)OC(C)(C)C)C(=O)N1CCCC1C(N)=O. The highest BCUT2D eigenvalue weighted by atomic mass is 16.6. The molecule has 7 nitrogen and oxygen atoms in total. The predicted octanol–water partition coefficient (Wildman–Crippen LogP) is 0.376. The lowest BCUT2D eigenvalue weighted by Crippen LogP contribution is -2.52. The van der Waals surface area contributed by atoms with Gasteiger partial charge in [0.2, 0.25) is 11.8 Å². The number of alkyl carbamates (subject to hydrolysis) is 1. The Morgan fingerprint density at radius 1 is 1.35 bits per heavy atom. The zero-order valence-corrected chi connectivity index (χ0v) is 12.4. The fourth-order valence-electron chi connectivity index (χ4n) is 2.12. The van der Waals surface area contributed by atoms with Gasteiger partial charge in [0.05, 0.1) is 0 Å². The van der Waals surface area contributed by atoms with Gasteiger partial charge in [-0.05, 0) is 40.5 Å². The fourth-order valence-corrected chi connectivity index (χ4v) is 2.12. The van der Waals surface area contributed by atoms with Crippen LogP contribution in [0.3, 0.4) is 0 Å². The van der Waals surface area contributed by atoms with Crippen molar-refractivity contribution in [1.29, 1.82) is 0 Å². The Bertz CT molecular complexity index is 403. The molecule has 1 heterocycles. The van der Waals surface area contributed by atoms with Crippen LogP contribution in [0.15, 0.2) is 0 Å². The second-order valence-corrected chi connectivity index (χ2v) is 5.96. The lowest BCUT2D eigenvalue weighted by atomic mass is 10.2. The second kappa shape index (κ2) is 6.11. The number of hydrogen-bond donors (Lipinski definition) is 2. The third-order valence-corrected chi connectivity index (χ3v) is 2.97. The zero-order valence-electron chi connectivity index (χ0n) is 12.4. The molecular formula is C13H23N3O4. The van der Waals surface area contributed by atoms with E-state index in [4.69, 9.17) is 10.5 Å². The maximum absolute atomic E-state index is 12.2. The van der Waals surface area contributed by atoms with Gasteiger partial charge in [-0.3, -0.25) is 9.59 Å². The normalized spacial score (nSPS) is 20.4. The van der Waals surface area contributed by atoms with Crippen LogP contribution in [0.5, 0.6) is 0 Å². The molecule has 0 aliphatic carbocycles. The standard InChI is InChI=1S/C13H23N3O4/c1-8(15-12(19)20-13(2,3)4)11(18)16-7-5-6-9(16)10(14)17/h8-9H,5-7H2,1-4H3,(H2,14,17)(H,15,19)/t8-,9?/m0/s1. The van der Waals surface area contributed by atoms with Crippen molar-refractivity contribution in [3.8, 4) is 0 Å². The van der Waals surface area contributed by atoms with Crippen LogP contribution in [0, 0.1) is 0 Å². The van der Waals surface area contributed by atoms with Crippen molar-refractivity contribution in [3.05, 3.63) is 0 Å². The quantitative estimate of drug-likeness (QED) is 0.782. The van der Waals surface area contributed by atoms with Crippen molar-refractivity contribution < 1.29 is 19.1 Å². The minimum Gasteiger partial charge on any atom is -0.444 e. The van der Waals surface area contributed by atoms with Crippen LogP contribution in [0.25, 0.3) is 0 Å². The zero-order chi connectivity index (χ0) is 15.5. The first-order chi connectivity index (χ1) is 9.11. The van der Waals surface area contributed by atoms with Gasteiger partial charge in [0, 0.05) is 6.54 Å². The maximum Gasteiger partial charge on any atom is 0.408 e. The van der Waals surface area contributed by atoms with Crippen LogP contribution in [0.1, 0.15) is 40.5 Å². The third kappa shape index (κ3) is 4.40. The van der Waals surface area contributed by atoms with E-state index in [1.54, 1.807) is 27.7 Å². The summed E-state index contributed by atoms with van der Waals surface area (Å²) in [4.78, 5) is 36.5. The van der Waals surface area contributed by atoms with E-state index in [1.165, 1.54) is 4.90 Å². The molecule has 7 heteroatoms. The molecule has 1 aliphatic heterocycles. The summed E-state index contributed by atoms with van der Waals surface area (Å²) in [6.45, 7) is 7.25. The lowest BCUT2D eigenvalue weighted by Gasteiger charge is -2.27. The summed E-state index contributed by atoms with van der Waals surface area (Å²) >= 11 is 0. The minimum absolute atomic E-state index is 0.322. The molecule has 0 bridgehead atoms. The molecule has 0 aromatic heterocycles. The Hall–Kier alpha value is -1.79. The highest BCUT2D eigenvalue weighted by Gasteiger charge is 2.35. The van der Waals surface area contributed by atoms with E-state index in [0.29, 0.717) is 13.0 Å². The average Bonchev–Trinajstić information content (AvgIpc) is 2.73. The van der Waals surface area contributed by atoms with Gasteiger partial charge >= 0.3 is 6.09 Å². The highest BCUT2D eigenvalue weighted by Crippen LogP contribution is 2.18. The minimum atomic E-state index is -0.759. The van der Waals surface area contributed by atoms with Crippen molar-refractivity contribution in [1.82, 2.24) is 10.2 Å². The third-order valence-electron chi connectivity index (χ3n) is 2.97. The summed E-state index contributed by atoms with van der Waals surface area (Å²) < 4.78 is 5.08. The number of primary amides is 1. The molecule has 20 heavy (non-hydrogen) atoms. The van der Waals surface area contributed by atoms with Crippen molar-refractivity contribution >= 4 is 17.9 Å². The van der Waals surface area contributed by atoms with E-state index in [1.807, 2.05) is 0 Å². The van der Waals surface area contributed by atoms with Crippen LogP contribution in [0.4, 0.5) is 4.79 Å². The Morgan fingerprint density at radius 3 is 2.45 bits per heavy atom. The summed E-state index contributed by atoms with van der Waals surface area (Å²) in [5.41, 5.74) is 4.64. The molecule has 1 aliphatic rings. The molecule has 0 saturated carbocycles. The van der Waals surface area contributed by atoms with Gasteiger partial charge in [-0.25, -0.2) is 4.79 Å². The van der Waals surface area contributed by atoms with Gasteiger partial charge in [0.1, 0.15) is 17.7 Å². The number of nitrogens with zero attached hydrogens (tertiary/aromatic N) is 1. The molecule has 1 fully saturated rings. The molecule has 1 rings (SSSR count). The average molecular weight is 285 g/mol. The topological polar surface area (TPSA) is 102 Å². The van der Waals surface area contributed by atoms with Gasteiger partial charge in [-0.1, -0.05) is 0 Å². The Kier molecular flexibility index (Phi) is 4.97. The number of nitrogens with two attached hydrogens (primary N) is 1. The number of carbonyl (C=O) groups excluding carboxylic acids is 3. The summed E-state index contributed by atoms with van der Waals surface area (Å²) in [6.07, 6.45) is 0.645. The first-order valence-corrected chi connectivity index (χ1v) is 6.71. The molecule has 3 N–H and O–H groups in total. The van der Waals surface area contributed by atoms with Crippen LogP contribution >= 0.6 is 0 Å². The Balaban J connectivity index is 2.59. The van der Waals surface area contributed by atoms with E-state index in [-0.39, 0.29) is 5.91 Å². The van der Waals surface area contributed by atoms with Gasteiger partial charge in [-0.2, -0.15) is 0 Å². The van der Waals surface area contributed by atoms with Crippen LogP contribution in [0.2, 0.25) is 0 Å². The van der Waals surface area contributed by atoms with Crippen molar-refractivity contribution in [2.75, 3.05) is 6.54 Å². The molecule has 1 unspecified atom stereocenters. The smallest absolute Gasteiger partial charge is 0.408 e. The van der Waals surface area contributed by atoms with E-state index >= 15 is 0 Å². The Morgan fingerprint density at radius 2 is 1.95 bits per heavy atom. The number of likely N-dealkylation sites (tertiary alicyclic amines) is 1. The van der Waals surface area contributed by atoms with Gasteiger partial charge in [-0.15, -0.1) is 0 Å². The highest BCUT2D eigenvalue weighted by molar-refractivity contribution is 5.91. The molecule has 1 saturated heterocycles. The fraction of sp³-hybridized carbons (Fsp3) is 0.769. The van der Waals surface area contributed by atoms with E-state index in [2.05, 4.69) is 5.32 Å². The van der Waals surface area contributed by atoms with Gasteiger partial charge < -0.3 is 20.7 Å². The molecule has 0 spiro atoms. The van der Waals surface area contributed by atoms with Crippen molar-refractivity contribution in [2.45, 2.75) is 58.2 Å². The van der Waals surface area contributed by atoms with Crippen LogP contribution in [-0.4, -0.2) is 47.0 Å². The number of carbonyl (C=O) groups is 3. The predicted molar refractivity (Wildman–Crippen MR) is 72.8 cm³/mol. The summed E-state index contributed by atoms with van der Waals surface area (Å²) in [7, 11) is 0. The largest absolute Gasteiger partial charge is 0.444 e. The summed E-state index contributed by atoms with van der Waals surface area (Å²) in [5, 5.41) is 2.47. The Labute approximate surface area is 118 Å². The molecule has 2 atom stereocenters. The number of hydrogen-bond acceptors (Lipinski definition) is 4. The molecule has 114 valence electrons. The molecule has 3 amide bonds. The lowest BCUT2D eigenvalue weighted by molar-refractivity contribution is -0.138. The summed E-state index contributed by atoms with van der Waals surface area (Å²) in [5.74, 6) is -0.836. The maximum atomic E-state index is 12.2. The molecule has 0 aromatic rings. The molecule has 0 aromatic carbocycles. The summed E-state index contributed by atoms with van der Waals surface area (Å²) in [6, 6.07) is -1.34. The van der Waals surface area contributed by atoms with E-state index in [0.717, 1.165) is 6.42 Å². The first-order valence-electron chi connectivity index (χ1n) is 6.71. The monoisotopic (exact) mass is 285 g/mol. The van der Waals surface area contributed by atoms with E-state index in [9.17, 15) is 14.4 Å². The van der Waals surface area contributed by atoms with Crippen molar-refractivity contribution in [3.63, 3.8) is 0 Å².